The Morgan fingerprint density at radius 3 is 2.93 bits per heavy atom. The summed E-state index contributed by atoms with van der Waals surface area (Å²) in [6.45, 7) is 1.62. The fraction of sp³-hybridized carbons (Fsp3) is 0.444. The summed E-state index contributed by atoms with van der Waals surface area (Å²) in [7, 11) is 1.90. The van der Waals surface area contributed by atoms with E-state index in [1.165, 1.54) is 0 Å². The van der Waals surface area contributed by atoms with Gasteiger partial charge in [0.1, 0.15) is 5.69 Å². The second-order valence-electron chi connectivity index (χ2n) is 2.94. The molecule has 0 spiro atoms. The van der Waals surface area contributed by atoms with Gasteiger partial charge >= 0.3 is 0 Å². The van der Waals surface area contributed by atoms with Gasteiger partial charge in [0, 0.05) is 16.3 Å². The van der Waals surface area contributed by atoms with Gasteiger partial charge < -0.3 is 15.6 Å². The number of rotatable bonds is 5. The van der Waals surface area contributed by atoms with Crippen LogP contribution in [0.5, 0.6) is 0 Å². The van der Waals surface area contributed by atoms with Crippen LogP contribution in [0.3, 0.4) is 0 Å². The number of halogens is 1. The molecule has 1 rings (SSSR count). The summed E-state index contributed by atoms with van der Waals surface area (Å²) in [5, 5.41) is 5.86. The van der Waals surface area contributed by atoms with Gasteiger partial charge in [-0.05, 0) is 48.7 Å². The largest absolute Gasteiger partial charge is 0.356 e. The number of nitrogens with one attached hydrogen (secondary N) is 3. The summed E-state index contributed by atoms with van der Waals surface area (Å²) in [6, 6.07) is 1.83. The lowest BCUT2D eigenvalue weighted by molar-refractivity contribution is 0.0949. The molecule has 0 bridgehead atoms. The standard InChI is InChI=1S/C9H14IN3O/c1-11-3-2-4-12-9(14)8-5-7(10)6-13-8/h5-6,11,13H,2-4H2,1H3,(H,12,14). The minimum absolute atomic E-state index is 0.0379. The average Bonchev–Trinajstić information content (AvgIpc) is 2.59. The van der Waals surface area contributed by atoms with E-state index in [9.17, 15) is 4.79 Å². The Bertz CT molecular complexity index is 298. The highest BCUT2D eigenvalue weighted by Crippen LogP contribution is 2.05. The molecular formula is C9H14IN3O. The third kappa shape index (κ3) is 3.67. The van der Waals surface area contributed by atoms with Crippen LogP contribution in [0.15, 0.2) is 12.3 Å². The molecule has 0 radical (unpaired) electrons. The Morgan fingerprint density at radius 1 is 1.57 bits per heavy atom. The molecule has 14 heavy (non-hydrogen) atoms. The zero-order chi connectivity index (χ0) is 10.4. The third-order valence-electron chi connectivity index (χ3n) is 1.78. The van der Waals surface area contributed by atoms with Gasteiger partial charge in [0.25, 0.3) is 5.91 Å². The monoisotopic (exact) mass is 307 g/mol. The first kappa shape index (κ1) is 11.5. The van der Waals surface area contributed by atoms with E-state index in [0.717, 1.165) is 16.5 Å². The zero-order valence-corrected chi connectivity index (χ0v) is 10.2. The predicted octanol–water partition coefficient (Wildman–Crippen LogP) is 0.959. The zero-order valence-electron chi connectivity index (χ0n) is 8.06. The second-order valence-corrected chi connectivity index (χ2v) is 4.19. The summed E-state index contributed by atoms with van der Waals surface area (Å²) in [4.78, 5) is 14.4. The lowest BCUT2D eigenvalue weighted by atomic mass is 10.3. The van der Waals surface area contributed by atoms with Crippen molar-refractivity contribution in [2.45, 2.75) is 6.42 Å². The molecule has 5 heteroatoms. The van der Waals surface area contributed by atoms with Gasteiger partial charge in [0.05, 0.1) is 0 Å². The molecular weight excluding hydrogens is 293 g/mol. The van der Waals surface area contributed by atoms with Crippen molar-refractivity contribution in [1.29, 1.82) is 0 Å². The Morgan fingerprint density at radius 2 is 2.36 bits per heavy atom. The highest BCUT2D eigenvalue weighted by molar-refractivity contribution is 14.1. The fourth-order valence-electron chi connectivity index (χ4n) is 1.06. The maximum atomic E-state index is 11.5. The van der Waals surface area contributed by atoms with E-state index in [1.54, 1.807) is 0 Å². The molecule has 78 valence electrons. The molecule has 0 saturated carbocycles. The maximum Gasteiger partial charge on any atom is 0.267 e. The van der Waals surface area contributed by atoms with Gasteiger partial charge in [0.2, 0.25) is 0 Å². The summed E-state index contributed by atoms with van der Waals surface area (Å²) in [5.74, 6) is -0.0379. The molecule has 0 aliphatic heterocycles. The number of carbonyl (C=O) groups excluding carboxylic acids is 1. The summed E-state index contributed by atoms with van der Waals surface area (Å²) in [6.07, 6.45) is 2.75. The molecule has 0 aliphatic carbocycles. The van der Waals surface area contributed by atoms with Crippen molar-refractivity contribution in [2.75, 3.05) is 20.1 Å². The van der Waals surface area contributed by atoms with Crippen LogP contribution in [0.25, 0.3) is 0 Å². The number of amides is 1. The Labute approximate surface area is 97.0 Å². The van der Waals surface area contributed by atoms with Gasteiger partial charge in [-0.3, -0.25) is 4.79 Å². The van der Waals surface area contributed by atoms with E-state index >= 15 is 0 Å². The second kappa shape index (κ2) is 6.02. The van der Waals surface area contributed by atoms with Crippen LogP contribution in [0.4, 0.5) is 0 Å². The highest BCUT2D eigenvalue weighted by atomic mass is 127. The van der Waals surface area contributed by atoms with Crippen molar-refractivity contribution < 1.29 is 4.79 Å². The van der Waals surface area contributed by atoms with Gasteiger partial charge in [-0.1, -0.05) is 0 Å². The van der Waals surface area contributed by atoms with Crippen LogP contribution < -0.4 is 10.6 Å². The summed E-state index contributed by atoms with van der Waals surface area (Å²) >= 11 is 2.16. The number of carbonyl (C=O) groups is 1. The topological polar surface area (TPSA) is 56.9 Å². The van der Waals surface area contributed by atoms with Gasteiger partial charge in [-0.25, -0.2) is 0 Å². The molecule has 1 heterocycles. The number of H-pyrrole nitrogens is 1. The van der Waals surface area contributed by atoms with Crippen molar-refractivity contribution in [3.05, 3.63) is 21.5 Å². The predicted molar refractivity (Wildman–Crippen MR) is 64.4 cm³/mol. The molecule has 0 aliphatic rings. The number of aromatic nitrogens is 1. The van der Waals surface area contributed by atoms with Crippen LogP contribution in [-0.4, -0.2) is 31.0 Å². The van der Waals surface area contributed by atoms with E-state index in [-0.39, 0.29) is 5.91 Å². The molecule has 0 saturated heterocycles. The van der Waals surface area contributed by atoms with Crippen molar-refractivity contribution >= 4 is 28.5 Å². The Kier molecular flexibility index (Phi) is 4.95. The van der Waals surface area contributed by atoms with Crippen LogP contribution in [0.2, 0.25) is 0 Å². The summed E-state index contributed by atoms with van der Waals surface area (Å²) in [5.41, 5.74) is 0.624. The smallest absolute Gasteiger partial charge is 0.267 e. The third-order valence-corrected chi connectivity index (χ3v) is 2.40. The van der Waals surface area contributed by atoms with Gasteiger partial charge in [0.15, 0.2) is 0 Å². The van der Waals surface area contributed by atoms with Crippen molar-refractivity contribution in [1.82, 2.24) is 15.6 Å². The van der Waals surface area contributed by atoms with Crippen LogP contribution in [-0.2, 0) is 0 Å². The fourth-order valence-corrected chi connectivity index (χ4v) is 1.53. The average molecular weight is 307 g/mol. The first-order chi connectivity index (χ1) is 6.74. The summed E-state index contributed by atoms with van der Waals surface area (Å²) < 4.78 is 1.04. The van der Waals surface area contributed by atoms with Crippen molar-refractivity contribution in [3.8, 4) is 0 Å². The molecule has 1 aromatic rings. The van der Waals surface area contributed by atoms with E-state index in [2.05, 4.69) is 38.2 Å². The first-order valence-electron chi connectivity index (χ1n) is 4.50. The van der Waals surface area contributed by atoms with E-state index < -0.39 is 0 Å². The van der Waals surface area contributed by atoms with Crippen LogP contribution >= 0.6 is 22.6 Å². The Balaban J connectivity index is 2.29. The maximum absolute atomic E-state index is 11.5. The van der Waals surface area contributed by atoms with E-state index in [4.69, 9.17) is 0 Å². The molecule has 4 nitrogen and oxygen atoms in total. The number of hydrogen-bond donors (Lipinski definition) is 3. The highest BCUT2D eigenvalue weighted by Gasteiger charge is 2.05. The molecule has 0 unspecified atom stereocenters. The Hall–Kier alpha value is -0.560. The molecule has 1 aromatic heterocycles. The lowest BCUT2D eigenvalue weighted by Gasteiger charge is -2.02. The van der Waals surface area contributed by atoms with Gasteiger partial charge in [-0.2, -0.15) is 0 Å². The van der Waals surface area contributed by atoms with E-state index in [1.807, 2.05) is 19.3 Å². The normalized spacial score (nSPS) is 10.1. The number of hydrogen-bond acceptors (Lipinski definition) is 2. The molecule has 3 N–H and O–H groups in total. The quantitative estimate of drug-likeness (QED) is 0.560. The minimum Gasteiger partial charge on any atom is -0.356 e. The van der Waals surface area contributed by atoms with Crippen LogP contribution in [0.1, 0.15) is 16.9 Å². The molecule has 1 amide bonds. The SMILES string of the molecule is CNCCCNC(=O)c1cc(I)c[nH]1. The molecule has 0 fully saturated rings. The van der Waals surface area contributed by atoms with E-state index in [0.29, 0.717) is 12.2 Å². The van der Waals surface area contributed by atoms with Crippen LogP contribution in [0, 0.1) is 3.57 Å². The lowest BCUT2D eigenvalue weighted by Crippen LogP contribution is -2.26. The molecule has 0 atom stereocenters. The van der Waals surface area contributed by atoms with Crippen molar-refractivity contribution in [2.24, 2.45) is 0 Å². The number of aromatic amines is 1. The first-order valence-corrected chi connectivity index (χ1v) is 5.58. The molecule has 0 aromatic carbocycles. The van der Waals surface area contributed by atoms with Gasteiger partial charge in [-0.15, -0.1) is 0 Å². The minimum atomic E-state index is -0.0379. The van der Waals surface area contributed by atoms with Crippen molar-refractivity contribution in [3.63, 3.8) is 0 Å².